The van der Waals surface area contributed by atoms with E-state index in [2.05, 4.69) is 0 Å². The Balaban J connectivity index is 0.00000364. The molecule has 5 nitrogen and oxygen atoms in total. The molecule has 156 valence electrons. The molecule has 2 N–H and O–H groups in total. The number of aliphatic hydroxyl groups is 2. The number of carbonyl (C=O) groups excluding carboxylic acids is 1. The van der Waals surface area contributed by atoms with Crippen molar-refractivity contribution in [2.45, 2.75) is 12.2 Å². The lowest BCUT2D eigenvalue weighted by Gasteiger charge is -2.11. The SMILES string of the molecule is O=C(c1ccc(OCC(O)CCl)cc1)c1ccc(OCC(O)CCl)cc1.S.S. The standard InChI is InChI=1S/C19H20Cl2O5.2H2S/c20-9-15(22)11-25-17-5-1-13(2-6-17)19(24)14-3-7-18(8-4-14)26-12-16(23)10-21;;/h1-8,15-16,22-23H,9-12H2;2*1H2. The molecule has 0 aliphatic rings. The second kappa shape index (κ2) is 14.0. The van der Waals surface area contributed by atoms with Crippen LogP contribution in [0.15, 0.2) is 48.5 Å². The van der Waals surface area contributed by atoms with Crippen LogP contribution in [0.4, 0.5) is 0 Å². The number of aliphatic hydroxyl groups excluding tert-OH is 2. The molecule has 0 heterocycles. The average molecular weight is 467 g/mol. The molecule has 9 heteroatoms. The van der Waals surface area contributed by atoms with Gasteiger partial charge in [-0.3, -0.25) is 4.79 Å². The topological polar surface area (TPSA) is 76.0 Å². The van der Waals surface area contributed by atoms with Crippen molar-refractivity contribution in [1.82, 2.24) is 0 Å². The molecule has 0 amide bonds. The van der Waals surface area contributed by atoms with Gasteiger partial charge in [-0.1, -0.05) is 0 Å². The second-order valence-electron chi connectivity index (χ2n) is 5.62. The van der Waals surface area contributed by atoms with E-state index in [0.29, 0.717) is 22.6 Å². The van der Waals surface area contributed by atoms with Crippen molar-refractivity contribution in [3.63, 3.8) is 0 Å². The highest BCUT2D eigenvalue weighted by molar-refractivity contribution is 7.59. The van der Waals surface area contributed by atoms with Crippen molar-refractivity contribution >= 4 is 56.0 Å². The van der Waals surface area contributed by atoms with Gasteiger partial charge in [-0.15, -0.1) is 23.2 Å². The van der Waals surface area contributed by atoms with Crippen LogP contribution < -0.4 is 9.47 Å². The van der Waals surface area contributed by atoms with Crippen LogP contribution in [0.1, 0.15) is 15.9 Å². The van der Waals surface area contributed by atoms with Crippen LogP contribution in [0.3, 0.4) is 0 Å². The van der Waals surface area contributed by atoms with Gasteiger partial charge in [0, 0.05) is 11.1 Å². The van der Waals surface area contributed by atoms with Crippen LogP contribution in [-0.4, -0.2) is 53.2 Å². The van der Waals surface area contributed by atoms with Crippen molar-refractivity contribution in [1.29, 1.82) is 0 Å². The van der Waals surface area contributed by atoms with Crippen LogP contribution in [0.5, 0.6) is 11.5 Å². The molecule has 2 atom stereocenters. The highest BCUT2D eigenvalue weighted by Gasteiger charge is 2.10. The summed E-state index contributed by atoms with van der Waals surface area (Å²) >= 11 is 11.0. The van der Waals surface area contributed by atoms with E-state index in [9.17, 15) is 15.0 Å². The number of hydrogen-bond donors (Lipinski definition) is 2. The maximum atomic E-state index is 12.5. The van der Waals surface area contributed by atoms with Crippen molar-refractivity contribution in [3.05, 3.63) is 59.7 Å². The van der Waals surface area contributed by atoms with Crippen molar-refractivity contribution in [3.8, 4) is 11.5 Å². The Hall–Kier alpha value is -1.09. The number of alkyl halides is 2. The predicted octanol–water partition coefficient (Wildman–Crippen LogP) is 3.10. The minimum Gasteiger partial charge on any atom is -0.491 e. The van der Waals surface area contributed by atoms with E-state index in [-0.39, 0.29) is 57.7 Å². The molecule has 0 spiro atoms. The molecule has 28 heavy (non-hydrogen) atoms. The smallest absolute Gasteiger partial charge is 0.193 e. The molecule has 0 saturated heterocycles. The Morgan fingerprint density at radius 1 is 0.750 bits per heavy atom. The van der Waals surface area contributed by atoms with Gasteiger partial charge in [-0.2, -0.15) is 27.0 Å². The number of carbonyl (C=O) groups is 1. The molecule has 0 aliphatic carbocycles. The second-order valence-corrected chi connectivity index (χ2v) is 6.23. The monoisotopic (exact) mass is 466 g/mol. The summed E-state index contributed by atoms with van der Waals surface area (Å²) in [5.41, 5.74) is 1.03. The highest BCUT2D eigenvalue weighted by atomic mass is 35.5. The summed E-state index contributed by atoms with van der Waals surface area (Å²) in [6, 6.07) is 13.3. The van der Waals surface area contributed by atoms with Gasteiger partial charge in [-0.25, -0.2) is 0 Å². The van der Waals surface area contributed by atoms with Crippen molar-refractivity contribution in [2.24, 2.45) is 0 Å². The van der Waals surface area contributed by atoms with Gasteiger partial charge in [-0.05, 0) is 48.5 Å². The summed E-state index contributed by atoms with van der Waals surface area (Å²) < 4.78 is 10.8. The fourth-order valence-corrected chi connectivity index (χ4v) is 2.22. The molecular formula is C19H24Cl2O5S2. The first-order valence-electron chi connectivity index (χ1n) is 8.02. The largest absolute Gasteiger partial charge is 0.491 e. The van der Waals surface area contributed by atoms with Crippen molar-refractivity contribution in [2.75, 3.05) is 25.0 Å². The fraction of sp³-hybridized carbons (Fsp3) is 0.316. The molecule has 0 fully saturated rings. The maximum absolute atomic E-state index is 12.5. The molecule has 2 aromatic carbocycles. The summed E-state index contributed by atoms with van der Waals surface area (Å²) in [5.74, 6) is 1.16. The first-order valence-corrected chi connectivity index (χ1v) is 9.09. The first kappa shape index (κ1) is 26.9. The fourth-order valence-electron chi connectivity index (χ4n) is 2.05. The third-order valence-corrected chi connectivity index (χ3v) is 4.19. The van der Waals surface area contributed by atoms with E-state index < -0.39 is 12.2 Å². The van der Waals surface area contributed by atoms with E-state index in [1.807, 2.05) is 0 Å². The number of ketones is 1. The van der Waals surface area contributed by atoms with Gasteiger partial charge in [0.2, 0.25) is 0 Å². The lowest BCUT2D eigenvalue weighted by Crippen LogP contribution is -2.18. The third-order valence-electron chi connectivity index (χ3n) is 3.47. The Labute approximate surface area is 188 Å². The van der Waals surface area contributed by atoms with Crippen LogP contribution in [0, 0.1) is 0 Å². The van der Waals surface area contributed by atoms with Crippen LogP contribution in [-0.2, 0) is 0 Å². The number of halogens is 2. The van der Waals surface area contributed by atoms with E-state index in [4.69, 9.17) is 32.7 Å². The summed E-state index contributed by atoms with van der Waals surface area (Å²) in [6.07, 6.45) is -1.46. The van der Waals surface area contributed by atoms with Crippen LogP contribution >= 0.6 is 50.2 Å². The van der Waals surface area contributed by atoms with E-state index >= 15 is 0 Å². The minimum atomic E-state index is -0.732. The Morgan fingerprint density at radius 2 is 1.07 bits per heavy atom. The third kappa shape index (κ3) is 8.51. The first-order chi connectivity index (χ1) is 12.5. The highest BCUT2D eigenvalue weighted by Crippen LogP contribution is 2.18. The Bertz CT molecular complexity index is 639. The van der Waals surface area contributed by atoms with Gasteiger partial charge in [0.25, 0.3) is 0 Å². The van der Waals surface area contributed by atoms with Gasteiger partial charge < -0.3 is 19.7 Å². The lowest BCUT2D eigenvalue weighted by atomic mass is 10.0. The summed E-state index contributed by atoms with van der Waals surface area (Å²) in [7, 11) is 0. The molecular weight excluding hydrogens is 443 g/mol. The molecule has 0 radical (unpaired) electrons. The predicted molar refractivity (Wildman–Crippen MR) is 122 cm³/mol. The van der Waals surface area contributed by atoms with E-state index in [1.54, 1.807) is 48.5 Å². The van der Waals surface area contributed by atoms with E-state index in [1.165, 1.54) is 0 Å². The average Bonchev–Trinajstić information content (AvgIpc) is 2.70. The quantitative estimate of drug-likeness (QED) is 0.415. The molecule has 0 aromatic heterocycles. The Kier molecular flexibility index (Phi) is 13.4. The lowest BCUT2D eigenvalue weighted by molar-refractivity contribution is 0.103. The number of ether oxygens (including phenoxy) is 2. The van der Waals surface area contributed by atoms with Gasteiger partial charge in [0.15, 0.2) is 5.78 Å². The van der Waals surface area contributed by atoms with Gasteiger partial charge >= 0.3 is 0 Å². The molecule has 0 aliphatic heterocycles. The molecule has 2 aromatic rings. The molecule has 2 unspecified atom stereocenters. The van der Waals surface area contributed by atoms with Crippen LogP contribution in [0.2, 0.25) is 0 Å². The van der Waals surface area contributed by atoms with E-state index in [0.717, 1.165) is 0 Å². The summed E-state index contributed by atoms with van der Waals surface area (Å²) in [4.78, 5) is 12.5. The molecule has 0 bridgehead atoms. The number of benzene rings is 2. The Morgan fingerprint density at radius 3 is 1.36 bits per heavy atom. The van der Waals surface area contributed by atoms with Crippen LogP contribution in [0.25, 0.3) is 0 Å². The normalized spacial score (nSPS) is 12.1. The zero-order chi connectivity index (χ0) is 18.9. The molecule has 2 rings (SSSR count). The number of rotatable bonds is 10. The number of hydrogen-bond acceptors (Lipinski definition) is 5. The summed E-state index contributed by atoms with van der Waals surface area (Å²) in [6.45, 7) is 0.188. The zero-order valence-electron chi connectivity index (χ0n) is 15.0. The van der Waals surface area contributed by atoms with Gasteiger partial charge in [0.1, 0.15) is 36.9 Å². The molecule has 0 saturated carbocycles. The van der Waals surface area contributed by atoms with Gasteiger partial charge in [0.05, 0.1) is 11.8 Å². The zero-order valence-corrected chi connectivity index (χ0v) is 18.5. The minimum absolute atomic E-state index is 0. The maximum Gasteiger partial charge on any atom is 0.193 e. The summed E-state index contributed by atoms with van der Waals surface area (Å²) in [5, 5.41) is 18.7. The van der Waals surface area contributed by atoms with Crippen molar-refractivity contribution < 1.29 is 24.5 Å².